The summed E-state index contributed by atoms with van der Waals surface area (Å²) in [5, 5.41) is 0.526. The summed E-state index contributed by atoms with van der Waals surface area (Å²) < 4.78 is 11.2. The number of imide groups is 1. The highest BCUT2D eigenvalue weighted by Gasteiger charge is 2.51. The highest BCUT2D eigenvalue weighted by atomic mass is 16.7. The van der Waals surface area contributed by atoms with E-state index in [1.807, 2.05) is 54.6 Å². The molecule has 0 radical (unpaired) electrons. The van der Waals surface area contributed by atoms with Crippen molar-refractivity contribution in [2.75, 3.05) is 57.3 Å². The van der Waals surface area contributed by atoms with Crippen LogP contribution in [-0.2, 0) is 9.63 Å². The smallest absolute Gasteiger partial charge is 0.434 e. The van der Waals surface area contributed by atoms with Crippen LogP contribution in [0.4, 0.5) is 15.3 Å². The van der Waals surface area contributed by atoms with Gasteiger partial charge in [0.1, 0.15) is 29.9 Å². The molecule has 0 aliphatic carbocycles. The number of benzene rings is 3. The van der Waals surface area contributed by atoms with Crippen molar-refractivity contribution in [1.82, 2.24) is 19.8 Å². The number of hydroxylamine groups is 2. The second kappa shape index (κ2) is 12.9. The Labute approximate surface area is 260 Å². The van der Waals surface area contributed by atoms with Crippen molar-refractivity contribution in [2.24, 2.45) is 0 Å². The van der Waals surface area contributed by atoms with Gasteiger partial charge in [-0.25, -0.2) is 9.59 Å². The molecule has 12 heteroatoms. The van der Waals surface area contributed by atoms with Crippen LogP contribution in [0.25, 0.3) is 0 Å². The standard InChI is InChI=1S/C33H31N5O7/c1-2-22-43-26-14-10-25(11-15-26)34-16-18-35(19-17-34)33(42)45-38-31(40)29-23-36(20-21-37(29)32(38)41)30(39)24-8-12-28(13-9-24)44-27-6-4-3-5-7-27/h1,3-15,29H,16-23H2. The van der Waals surface area contributed by atoms with Gasteiger partial charge in [-0.15, -0.1) is 6.42 Å². The number of hydrogen-bond acceptors (Lipinski definition) is 8. The molecular formula is C33H31N5O7. The number of nitrogens with zero attached hydrogens (tertiary/aromatic N) is 5. The van der Waals surface area contributed by atoms with Crippen molar-refractivity contribution in [3.8, 4) is 29.6 Å². The fourth-order valence-electron chi connectivity index (χ4n) is 5.47. The summed E-state index contributed by atoms with van der Waals surface area (Å²) in [6.45, 7) is 2.30. The van der Waals surface area contributed by atoms with E-state index < -0.39 is 24.1 Å². The molecule has 3 aliphatic rings. The lowest BCUT2D eigenvalue weighted by atomic mass is 10.1. The number of fused-ring (bicyclic) bond motifs is 1. The molecule has 45 heavy (non-hydrogen) atoms. The number of terminal acetylenes is 1. The van der Waals surface area contributed by atoms with Crippen LogP contribution >= 0.6 is 0 Å². The molecule has 1 unspecified atom stereocenters. The van der Waals surface area contributed by atoms with Crippen molar-refractivity contribution >= 4 is 29.6 Å². The van der Waals surface area contributed by atoms with Crippen LogP contribution in [-0.4, -0.2) is 102 Å². The third-order valence-corrected chi connectivity index (χ3v) is 7.88. The van der Waals surface area contributed by atoms with Crippen LogP contribution in [0, 0.1) is 12.3 Å². The molecule has 230 valence electrons. The van der Waals surface area contributed by atoms with E-state index in [0.717, 1.165) is 5.69 Å². The van der Waals surface area contributed by atoms with Crippen molar-refractivity contribution in [3.05, 3.63) is 84.4 Å². The van der Waals surface area contributed by atoms with E-state index in [0.29, 0.717) is 54.1 Å². The van der Waals surface area contributed by atoms with Crippen molar-refractivity contribution in [3.63, 3.8) is 0 Å². The Morgan fingerprint density at radius 2 is 1.42 bits per heavy atom. The lowest BCUT2D eigenvalue weighted by Gasteiger charge is -2.35. The van der Waals surface area contributed by atoms with Gasteiger partial charge in [0, 0.05) is 50.5 Å². The number of para-hydroxylation sites is 1. The summed E-state index contributed by atoms with van der Waals surface area (Å²) in [5.74, 6) is 3.41. The minimum atomic E-state index is -0.937. The summed E-state index contributed by atoms with van der Waals surface area (Å²) in [4.78, 5) is 64.2. The minimum absolute atomic E-state index is 0.00897. The maximum absolute atomic E-state index is 13.2. The first-order valence-corrected chi connectivity index (χ1v) is 14.6. The van der Waals surface area contributed by atoms with E-state index in [1.165, 1.54) is 14.7 Å². The van der Waals surface area contributed by atoms with Gasteiger partial charge in [-0.05, 0) is 60.7 Å². The van der Waals surface area contributed by atoms with E-state index in [4.69, 9.17) is 20.7 Å². The molecule has 3 heterocycles. The number of ether oxygens (including phenoxy) is 2. The first kappa shape index (κ1) is 29.4. The number of amides is 5. The van der Waals surface area contributed by atoms with Gasteiger partial charge in [0.2, 0.25) is 0 Å². The zero-order valence-corrected chi connectivity index (χ0v) is 24.4. The van der Waals surface area contributed by atoms with Crippen LogP contribution in [0.5, 0.6) is 17.2 Å². The molecule has 3 fully saturated rings. The maximum atomic E-state index is 13.2. The second-order valence-electron chi connectivity index (χ2n) is 10.6. The van der Waals surface area contributed by atoms with E-state index in [2.05, 4.69) is 10.8 Å². The fraction of sp³-hybridized carbons (Fsp3) is 0.273. The van der Waals surface area contributed by atoms with Gasteiger partial charge >= 0.3 is 12.1 Å². The predicted molar refractivity (Wildman–Crippen MR) is 163 cm³/mol. The SMILES string of the molecule is C#CCOc1ccc(N2CCN(C(=O)ON3C(=O)C4CN(C(=O)c5ccc(Oc6ccccc6)cc5)CCN4C3=O)CC2)cc1. The molecule has 3 aromatic rings. The van der Waals surface area contributed by atoms with Gasteiger partial charge < -0.3 is 33.9 Å². The lowest BCUT2D eigenvalue weighted by Crippen LogP contribution is -2.54. The Hall–Kier alpha value is -5.70. The van der Waals surface area contributed by atoms with Crippen LogP contribution in [0.1, 0.15) is 10.4 Å². The Morgan fingerprint density at radius 3 is 2.11 bits per heavy atom. The summed E-state index contributed by atoms with van der Waals surface area (Å²) in [6, 6.07) is 21.9. The van der Waals surface area contributed by atoms with Crippen molar-refractivity contribution in [2.45, 2.75) is 6.04 Å². The molecule has 1 atom stereocenters. The average Bonchev–Trinajstić information content (AvgIpc) is 3.32. The number of carbonyl (C=O) groups excluding carboxylic acids is 4. The van der Waals surface area contributed by atoms with E-state index in [-0.39, 0.29) is 32.1 Å². The Kier molecular flexibility index (Phi) is 8.41. The molecule has 12 nitrogen and oxygen atoms in total. The van der Waals surface area contributed by atoms with Crippen molar-refractivity contribution < 1.29 is 33.5 Å². The van der Waals surface area contributed by atoms with E-state index in [1.54, 1.807) is 24.3 Å². The highest BCUT2D eigenvalue weighted by Crippen LogP contribution is 2.26. The van der Waals surface area contributed by atoms with Gasteiger partial charge in [-0.3, -0.25) is 9.59 Å². The molecule has 0 aromatic heterocycles. The first-order chi connectivity index (χ1) is 21.9. The number of carbonyl (C=O) groups is 4. The molecule has 0 N–H and O–H groups in total. The Morgan fingerprint density at radius 1 is 0.778 bits per heavy atom. The number of urea groups is 1. The average molecular weight is 610 g/mol. The molecule has 0 spiro atoms. The van der Waals surface area contributed by atoms with Crippen LogP contribution in [0.15, 0.2) is 78.9 Å². The van der Waals surface area contributed by atoms with Gasteiger partial charge in [0.05, 0.1) is 6.54 Å². The predicted octanol–water partition coefficient (Wildman–Crippen LogP) is 3.45. The third kappa shape index (κ3) is 6.33. The van der Waals surface area contributed by atoms with Crippen molar-refractivity contribution in [1.29, 1.82) is 0 Å². The largest absolute Gasteiger partial charge is 0.481 e. The minimum Gasteiger partial charge on any atom is -0.481 e. The summed E-state index contributed by atoms with van der Waals surface area (Å²) in [7, 11) is 0. The monoisotopic (exact) mass is 609 g/mol. The summed E-state index contributed by atoms with van der Waals surface area (Å²) >= 11 is 0. The quantitative estimate of drug-likeness (QED) is 0.296. The molecule has 5 amide bonds. The molecule has 3 aliphatic heterocycles. The molecule has 0 saturated carbocycles. The zero-order chi connectivity index (χ0) is 31.3. The molecule has 0 bridgehead atoms. The summed E-state index contributed by atoms with van der Waals surface area (Å²) in [6.07, 6.45) is 4.45. The van der Waals surface area contributed by atoms with Gasteiger partial charge in [0.15, 0.2) is 0 Å². The first-order valence-electron chi connectivity index (χ1n) is 14.6. The highest BCUT2D eigenvalue weighted by molar-refractivity contribution is 6.05. The number of piperazine rings is 2. The topological polar surface area (TPSA) is 112 Å². The third-order valence-electron chi connectivity index (χ3n) is 7.88. The fourth-order valence-corrected chi connectivity index (χ4v) is 5.47. The summed E-state index contributed by atoms with van der Waals surface area (Å²) in [5.41, 5.74) is 1.39. The normalized spacial score (nSPS) is 17.9. The maximum Gasteiger partial charge on any atom is 0.434 e. The van der Waals surface area contributed by atoms with Gasteiger partial charge in [0.25, 0.3) is 11.8 Å². The van der Waals surface area contributed by atoms with E-state index in [9.17, 15) is 19.2 Å². The van der Waals surface area contributed by atoms with Crippen LogP contribution < -0.4 is 14.4 Å². The molecule has 6 rings (SSSR count). The molecule has 3 aromatic carbocycles. The number of hydrogen-bond donors (Lipinski definition) is 0. The Balaban J connectivity index is 1.01. The van der Waals surface area contributed by atoms with Gasteiger partial charge in [-0.2, -0.15) is 0 Å². The van der Waals surface area contributed by atoms with Crippen LogP contribution in [0.3, 0.4) is 0 Å². The Bertz CT molecular complexity index is 1600. The molecular weight excluding hydrogens is 578 g/mol. The zero-order valence-electron chi connectivity index (χ0n) is 24.4. The van der Waals surface area contributed by atoms with Crippen LogP contribution in [0.2, 0.25) is 0 Å². The van der Waals surface area contributed by atoms with Gasteiger partial charge in [-0.1, -0.05) is 29.2 Å². The number of anilines is 1. The van der Waals surface area contributed by atoms with E-state index >= 15 is 0 Å². The molecule has 3 saturated heterocycles. The lowest BCUT2D eigenvalue weighted by molar-refractivity contribution is -0.152. The second-order valence-corrected chi connectivity index (χ2v) is 10.6. The number of rotatable bonds is 7.